The summed E-state index contributed by atoms with van der Waals surface area (Å²) in [5, 5.41) is 9.66. The zero-order chi connectivity index (χ0) is 14.6. The Morgan fingerprint density at radius 3 is 2.55 bits per heavy atom. The van der Waals surface area contributed by atoms with Crippen LogP contribution in [0, 0.1) is 0 Å². The lowest BCUT2D eigenvalue weighted by atomic mass is 10.2. The average molecular weight is 286 g/mol. The number of alkyl halides is 3. The van der Waals surface area contributed by atoms with Crippen molar-refractivity contribution in [3.63, 3.8) is 0 Å². The van der Waals surface area contributed by atoms with Gasteiger partial charge in [-0.05, 0) is 24.6 Å². The van der Waals surface area contributed by atoms with Gasteiger partial charge >= 0.3 is 6.36 Å². The van der Waals surface area contributed by atoms with Crippen LogP contribution in [0.3, 0.4) is 0 Å². The van der Waals surface area contributed by atoms with Crippen molar-refractivity contribution in [2.45, 2.75) is 25.9 Å². The Morgan fingerprint density at radius 2 is 2.00 bits per heavy atom. The quantitative estimate of drug-likeness (QED) is 0.886. The number of benzene rings is 1. The van der Waals surface area contributed by atoms with Gasteiger partial charge < -0.3 is 10.1 Å². The fourth-order valence-electron chi connectivity index (χ4n) is 1.60. The molecule has 20 heavy (non-hydrogen) atoms. The molecule has 1 heterocycles. The normalized spacial score (nSPS) is 13.2. The minimum Gasteiger partial charge on any atom is -0.406 e. The van der Waals surface area contributed by atoms with Crippen LogP contribution >= 0.6 is 0 Å². The molecule has 0 radical (unpaired) electrons. The number of rotatable bonds is 5. The highest BCUT2D eigenvalue weighted by Crippen LogP contribution is 2.22. The molecule has 0 spiro atoms. The topological polar surface area (TPSA) is 62.8 Å². The van der Waals surface area contributed by atoms with Crippen molar-refractivity contribution in [3.05, 3.63) is 42.0 Å². The van der Waals surface area contributed by atoms with E-state index in [1.165, 1.54) is 18.5 Å². The lowest BCUT2D eigenvalue weighted by molar-refractivity contribution is -0.274. The number of nitrogens with one attached hydrogen (secondary N) is 2. The average Bonchev–Trinajstić information content (AvgIpc) is 2.89. The highest BCUT2D eigenvalue weighted by molar-refractivity contribution is 5.27. The van der Waals surface area contributed by atoms with Crippen LogP contribution in [0.15, 0.2) is 30.6 Å². The largest absolute Gasteiger partial charge is 0.573 e. The van der Waals surface area contributed by atoms with E-state index in [1.54, 1.807) is 12.1 Å². The minimum absolute atomic E-state index is 0.0383. The Hall–Kier alpha value is -2.09. The second-order valence-corrected chi connectivity index (χ2v) is 4.17. The van der Waals surface area contributed by atoms with E-state index in [0.29, 0.717) is 12.4 Å². The van der Waals surface area contributed by atoms with Gasteiger partial charge in [0.25, 0.3) is 0 Å². The molecule has 1 unspecified atom stereocenters. The van der Waals surface area contributed by atoms with Gasteiger partial charge in [-0.2, -0.15) is 5.10 Å². The number of halogens is 3. The van der Waals surface area contributed by atoms with Crippen molar-refractivity contribution >= 4 is 0 Å². The third-order valence-electron chi connectivity index (χ3n) is 2.61. The number of H-pyrrole nitrogens is 1. The van der Waals surface area contributed by atoms with Crippen LogP contribution in [-0.2, 0) is 6.54 Å². The van der Waals surface area contributed by atoms with Crippen LogP contribution in [0.25, 0.3) is 0 Å². The molecule has 8 heteroatoms. The molecule has 0 saturated carbocycles. The van der Waals surface area contributed by atoms with E-state index in [1.807, 2.05) is 6.92 Å². The van der Waals surface area contributed by atoms with Crippen molar-refractivity contribution in [1.29, 1.82) is 0 Å². The van der Waals surface area contributed by atoms with E-state index in [4.69, 9.17) is 0 Å². The molecule has 5 nitrogen and oxygen atoms in total. The molecule has 108 valence electrons. The monoisotopic (exact) mass is 286 g/mol. The first-order valence-corrected chi connectivity index (χ1v) is 5.87. The molecule has 1 aromatic heterocycles. The number of hydrogen-bond donors (Lipinski definition) is 2. The minimum atomic E-state index is -4.67. The van der Waals surface area contributed by atoms with E-state index in [2.05, 4.69) is 25.2 Å². The first-order valence-electron chi connectivity index (χ1n) is 5.87. The lowest BCUT2D eigenvalue weighted by Crippen LogP contribution is -2.19. The SMILES string of the molecule is CC(NCc1ccc(OC(F)(F)F)cc1)c1ncn[nH]1. The molecule has 1 atom stereocenters. The van der Waals surface area contributed by atoms with E-state index in [0.717, 1.165) is 5.56 Å². The van der Waals surface area contributed by atoms with E-state index < -0.39 is 6.36 Å². The second-order valence-electron chi connectivity index (χ2n) is 4.17. The van der Waals surface area contributed by atoms with Crippen molar-refractivity contribution in [1.82, 2.24) is 20.5 Å². The zero-order valence-corrected chi connectivity index (χ0v) is 10.6. The number of ether oxygens (including phenoxy) is 1. The van der Waals surface area contributed by atoms with Crippen LogP contribution < -0.4 is 10.1 Å². The Bertz CT molecular complexity index is 525. The molecular weight excluding hydrogens is 273 g/mol. The van der Waals surface area contributed by atoms with E-state index >= 15 is 0 Å². The number of aromatic amines is 1. The summed E-state index contributed by atoms with van der Waals surface area (Å²) in [7, 11) is 0. The maximum atomic E-state index is 12.0. The molecule has 0 bridgehead atoms. The smallest absolute Gasteiger partial charge is 0.406 e. The molecule has 0 aliphatic carbocycles. The van der Waals surface area contributed by atoms with E-state index in [9.17, 15) is 13.2 Å². The van der Waals surface area contributed by atoms with Crippen LogP contribution in [0.5, 0.6) is 5.75 Å². The van der Waals surface area contributed by atoms with Gasteiger partial charge in [0.2, 0.25) is 0 Å². The molecule has 2 aromatic rings. The molecule has 0 amide bonds. The summed E-state index contributed by atoms with van der Waals surface area (Å²) in [5.74, 6) is 0.464. The van der Waals surface area contributed by atoms with Gasteiger partial charge in [0.1, 0.15) is 17.9 Å². The fraction of sp³-hybridized carbons (Fsp3) is 0.333. The summed E-state index contributed by atoms with van der Waals surface area (Å²) in [6, 6.07) is 5.67. The van der Waals surface area contributed by atoms with Gasteiger partial charge in [0.15, 0.2) is 0 Å². The standard InChI is InChI=1S/C12H13F3N4O/c1-8(11-17-7-18-19-11)16-6-9-2-4-10(5-3-9)20-12(13,14)15/h2-5,7-8,16H,6H2,1H3,(H,17,18,19). The third kappa shape index (κ3) is 4.23. The Labute approximate surface area is 113 Å². The van der Waals surface area contributed by atoms with Crippen molar-refractivity contribution in [2.24, 2.45) is 0 Å². The Balaban J connectivity index is 1.88. The predicted molar refractivity (Wildman–Crippen MR) is 64.8 cm³/mol. The predicted octanol–water partition coefficient (Wildman–Crippen LogP) is 2.55. The molecule has 0 aliphatic heterocycles. The Morgan fingerprint density at radius 1 is 1.30 bits per heavy atom. The number of aromatic nitrogens is 3. The lowest BCUT2D eigenvalue weighted by Gasteiger charge is -2.12. The molecule has 0 saturated heterocycles. The zero-order valence-electron chi connectivity index (χ0n) is 10.6. The van der Waals surface area contributed by atoms with Gasteiger partial charge in [-0.15, -0.1) is 13.2 Å². The van der Waals surface area contributed by atoms with Crippen LogP contribution in [-0.4, -0.2) is 21.5 Å². The molecule has 2 N–H and O–H groups in total. The first-order chi connectivity index (χ1) is 9.44. The fourth-order valence-corrected chi connectivity index (χ4v) is 1.60. The molecule has 2 rings (SSSR count). The van der Waals surface area contributed by atoms with E-state index in [-0.39, 0.29) is 11.8 Å². The van der Waals surface area contributed by atoms with Crippen molar-refractivity contribution in [2.75, 3.05) is 0 Å². The first kappa shape index (κ1) is 14.3. The molecule has 1 aromatic carbocycles. The highest BCUT2D eigenvalue weighted by Gasteiger charge is 2.30. The van der Waals surface area contributed by atoms with Crippen molar-refractivity contribution in [3.8, 4) is 5.75 Å². The summed E-state index contributed by atoms with van der Waals surface area (Å²) in [5.41, 5.74) is 0.839. The second kappa shape index (κ2) is 5.91. The highest BCUT2D eigenvalue weighted by atomic mass is 19.4. The molecule has 0 fully saturated rings. The van der Waals surface area contributed by atoms with Gasteiger partial charge in [0.05, 0.1) is 6.04 Å². The van der Waals surface area contributed by atoms with Gasteiger partial charge in [-0.25, -0.2) is 4.98 Å². The van der Waals surface area contributed by atoms with Gasteiger partial charge in [-0.3, -0.25) is 5.10 Å². The van der Waals surface area contributed by atoms with Crippen LogP contribution in [0.1, 0.15) is 24.4 Å². The van der Waals surface area contributed by atoms with Crippen LogP contribution in [0.2, 0.25) is 0 Å². The Kier molecular flexibility index (Phi) is 4.23. The van der Waals surface area contributed by atoms with Crippen molar-refractivity contribution < 1.29 is 17.9 Å². The van der Waals surface area contributed by atoms with Gasteiger partial charge in [-0.1, -0.05) is 12.1 Å². The molecule has 0 aliphatic rings. The summed E-state index contributed by atoms with van der Waals surface area (Å²) in [4.78, 5) is 4.01. The van der Waals surface area contributed by atoms with Crippen LogP contribution in [0.4, 0.5) is 13.2 Å². The maximum Gasteiger partial charge on any atom is 0.573 e. The summed E-state index contributed by atoms with van der Waals surface area (Å²) < 4.78 is 39.8. The maximum absolute atomic E-state index is 12.0. The third-order valence-corrected chi connectivity index (χ3v) is 2.61. The summed E-state index contributed by atoms with van der Waals surface area (Å²) in [6.07, 6.45) is -3.25. The molecular formula is C12H13F3N4O. The van der Waals surface area contributed by atoms with Gasteiger partial charge in [0, 0.05) is 6.54 Å². The number of hydrogen-bond acceptors (Lipinski definition) is 4. The summed E-state index contributed by atoms with van der Waals surface area (Å²) >= 11 is 0. The number of nitrogens with zero attached hydrogens (tertiary/aromatic N) is 2. The summed E-state index contributed by atoms with van der Waals surface area (Å²) in [6.45, 7) is 2.40.